The van der Waals surface area contributed by atoms with Gasteiger partial charge in [-0.2, -0.15) is 0 Å². The maximum atomic E-state index is 14.0. The van der Waals surface area contributed by atoms with Crippen molar-refractivity contribution in [1.82, 2.24) is 5.32 Å². The summed E-state index contributed by atoms with van der Waals surface area (Å²) in [6, 6.07) is 10.5. The molecule has 0 saturated heterocycles. The molecule has 4 saturated carbocycles. The van der Waals surface area contributed by atoms with Crippen molar-refractivity contribution in [3.05, 3.63) is 58.4 Å². The Bertz CT molecular complexity index is 1010. The van der Waals surface area contributed by atoms with Gasteiger partial charge in [0.05, 0.1) is 12.1 Å². The van der Waals surface area contributed by atoms with Crippen molar-refractivity contribution in [2.75, 3.05) is 7.11 Å². The van der Waals surface area contributed by atoms with E-state index in [9.17, 15) is 4.39 Å². The molecule has 4 bridgehead atoms. The van der Waals surface area contributed by atoms with Crippen molar-refractivity contribution in [3.63, 3.8) is 0 Å². The molecule has 6 rings (SSSR count). The van der Waals surface area contributed by atoms with Crippen LogP contribution in [0.4, 0.5) is 4.39 Å². The zero-order valence-corrected chi connectivity index (χ0v) is 20.0. The Hall–Kier alpha value is -1.78. The van der Waals surface area contributed by atoms with Crippen LogP contribution in [-0.2, 0) is 13.2 Å². The van der Waals surface area contributed by atoms with Gasteiger partial charge in [-0.15, -0.1) is 0 Å². The second kappa shape index (κ2) is 7.92. The van der Waals surface area contributed by atoms with Crippen LogP contribution in [0.25, 0.3) is 0 Å². The second-order valence-electron chi connectivity index (χ2n) is 11.3. The van der Waals surface area contributed by atoms with Gasteiger partial charge >= 0.3 is 0 Å². The molecule has 4 fully saturated rings. The van der Waals surface area contributed by atoms with E-state index in [0.717, 1.165) is 18.0 Å². The number of halogens is 2. The van der Waals surface area contributed by atoms with E-state index in [-0.39, 0.29) is 18.0 Å². The molecule has 4 atom stereocenters. The lowest BCUT2D eigenvalue weighted by atomic mass is 9.43. The van der Waals surface area contributed by atoms with Crippen LogP contribution in [-0.4, -0.2) is 12.6 Å². The van der Waals surface area contributed by atoms with E-state index in [1.54, 1.807) is 25.3 Å². The number of ether oxygens (including phenoxy) is 2. The molecule has 0 heterocycles. The molecule has 2 aromatic carbocycles. The Morgan fingerprint density at radius 2 is 1.78 bits per heavy atom. The zero-order chi connectivity index (χ0) is 22.6. The summed E-state index contributed by atoms with van der Waals surface area (Å²) in [6.07, 6.45) is 7.96. The smallest absolute Gasteiger partial charge is 0.180 e. The summed E-state index contributed by atoms with van der Waals surface area (Å²) in [7, 11) is 1.61. The molecule has 32 heavy (non-hydrogen) atoms. The summed E-state index contributed by atoms with van der Waals surface area (Å²) < 4.78 is 25.4. The van der Waals surface area contributed by atoms with E-state index >= 15 is 0 Å². The molecular formula is C27H33ClFNO2. The van der Waals surface area contributed by atoms with Crippen LogP contribution in [0.1, 0.15) is 63.5 Å². The van der Waals surface area contributed by atoms with Gasteiger partial charge < -0.3 is 14.8 Å². The minimum Gasteiger partial charge on any atom is -0.493 e. The Morgan fingerprint density at radius 1 is 1.06 bits per heavy atom. The molecule has 4 aliphatic rings. The van der Waals surface area contributed by atoms with E-state index < -0.39 is 0 Å². The van der Waals surface area contributed by atoms with Gasteiger partial charge in [-0.25, -0.2) is 4.39 Å². The van der Waals surface area contributed by atoms with E-state index in [2.05, 4.69) is 19.2 Å². The first kappa shape index (κ1) is 22.0. The highest BCUT2D eigenvalue weighted by atomic mass is 35.5. The Labute approximate surface area is 195 Å². The first-order valence-electron chi connectivity index (χ1n) is 11.7. The van der Waals surface area contributed by atoms with Crippen molar-refractivity contribution >= 4 is 11.6 Å². The quantitative estimate of drug-likeness (QED) is 0.490. The third-order valence-electron chi connectivity index (χ3n) is 7.91. The normalized spacial score (nSPS) is 32.8. The topological polar surface area (TPSA) is 30.5 Å². The lowest BCUT2D eigenvalue weighted by molar-refractivity contribution is -0.118. The van der Waals surface area contributed by atoms with Crippen molar-refractivity contribution < 1.29 is 13.9 Å². The van der Waals surface area contributed by atoms with Crippen LogP contribution in [0.15, 0.2) is 36.4 Å². The van der Waals surface area contributed by atoms with Crippen LogP contribution < -0.4 is 14.8 Å². The molecule has 2 unspecified atom stereocenters. The van der Waals surface area contributed by atoms with E-state index in [1.165, 1.54) is 44.6 Å². The lowest BCUT2D eigenvalue weighted by Crippen LogP contribution is -2.63. The third kappa shape index (κ3) is 4.12. The summed E-state index contributed by atoms with van der Waals surface area (Å²) in [6.45, 7) is 5.84. The SMILES string of the molecule is COc1cc(CNC23CC4C[C@@](C)(C2)C[C@](C)(C4)C3)cc(Cl)c1OCc1ccccc1F. The van der Waals surface area contributed by atoms with Gasteiger partial charge in [-0.1, -0.05) is 43.6 Å². The number of hydrogen-bond acceptors (Lipinski definition) is 3. The fourth-order valence-electron chi connectivity index (χ4n) is 7.72. The number of hydrogen-bond donors (Lipinski definition) is 1. The lowest BCUT2D eigenvalue weighted by Gasteiger charge is -2.65. The molecule has 0 spiro atoms. The van der Waals surface area contributed by atoms with E-state index in [0.29, 0.717) is 32.9 Å². The molecule has 0 amide bonds. The molecule has 4 aliphatic carbocycles. The molecule has 0 aliphatic heterocycles. The average Bonchev–Trinajstić information content (AvgIpc) is 2.69. The van der Waals surface area contributed by atoms with Crippen LogP contribution >= 0.6 is 11.6 Å². The predicted molar refractivity (Wildman–Crippen MR) is 126 cm³/mol. The molecule has 0 radical (unpaired) electrons. The van der Waals surface area contributed by atoms with Gasteiger partial charge in [0, 0.05) is 17.6 Å². The molecule has 5 heteroatoms. The second-order valence-corrected chi connectivity index (χ2v) is 11.7. The first-order chi connectivity index (χ1) is 15.2. The third-order valence-corrected chi connectivity index (χ3v) is 8.19. The summed E-state index contributed by atoms with van der Waals surface area (Å²) in [5.74, 6) is 1.59. The molecule has 1 N–H and O–H groups in total. The molecule has 172 valence electrons. The summed E-state index contributed by atoms with van der Waals surface area (Å²) >= 11 is 6.59. The van der Waals surface area contributed by atoms with Crippen LogP contribution in [0.3, 0.4) is 0 Å². The van der Waals surface area contributed by atoms with Gasteiger partial charge in [0.25, 0.3) is 0 Å². The fraction of sp³-hybridized carbons (Fsp3) is 0.556. The maximum absolute atomic E-state index is 14.0. The standard InChI is InChI=1S/C27H33ClFNO2/c1-25-10-19-11-26(2,15-25)17-27(12-19,16-25)30-13-18-8-21(28)24(23(9-18)31-3)32-14-20-6-4-5-7-22(20)29/h4-9,19,30H,10-17H2,1-3H3/t19?,25-,26+,27?. The predicted octanol–water partition coefficient (Wildman–Crippen LogP) is 6.91. The minimum atomic E-state index is -0.290. The van der Waals surface area contributed by atoms with Crippen molar-refractivity contribution in [3.8, 4) is 11.5 Å². The molecule has 0 aromatic heterocycles. The number of methoxy groups -OCH3 is 1. The number of benzene rings is 2. The Morgan fingerprint density at radius 3 is 2.44 bits per heavy atom. The summed E-state index contributed by atoms with van der Waals surface area (Å²) in [5.41, 5.74) is 2.74. The van der Waals surface area contributed by atoms with Crippen molar-refractivity contribution in [2.45, 2.75) is 71.1 Å². The minimum absolute atomic E-state index is 0.0992. The van der Waals surface area contributed by atoms with Crippen LogP contribution in [0, 0.1) is 22.6 Å². The van der Waals surface area contributed by atoms with Gasteiger partial charge in [-0.3, -0.25) is 0 Å². The highest BCUT2D eigenvalue weighted by Crippen LogP contribution is 2.66. The van der Waals surface area contributed by atoms with Gasteiger partial charge in [0.1, 0.15) is 12.4 Å². The molecular weight excluding hydrogens is 425 g/mol. The van der Waals surface area contributed by atoms with Gasteiger partial charge in [-0.05, 0) is 79.0 Å². The van der Waals surface area contributed by atoms with Gasteiger partial charge in [0.15, 0.2) is 11.5 Å². The number of rotatable bonds is 7. The monoisotopic (exact) mass is 457 g/mol. The highest BCUT2D eigenvalue weighted by molar-refractivity contribution is 6.32. The summed E-state index contributed by atoms with van der Waals surface area (Å²) in [4.78, 5) is 0. The van der Waals surface area contributed by atoms with Crippen LogP contribution in [0.5, 0.6) is 11.5 Å². The fourth-order valence-corrected chi connectivity index (χ4v) is 8.00. The first-order valence-corrected chi connectivity index (χ1v) is 12.1. The van der Waals surface area contributed by atoms with Crippen molar-refractivity contribution in [2.24, 2.45) is 16.7 Å². The Kier molecular flexibility index (Phi) is 5.45. The molecule has 3 nitrogen and oxygen atoms in total. The zero-order valence-electron chi connectivity index (χ0n) is 19.3. The van der Waals surface area contributed by atoms with E-state index in [4.69, 9.17) is 21.1 Å². The Balaban J connectivity index is 1.31. The largest absolute Gasteiger partial charge is 0.493 e. The highest BCUT2D eigenvalue weighted by Gasteiger charge is 2.59. The average molecular weight is 458 g/mol. The molecule has 2 aromatic rings. The van der Waals surface area contributed by atoms with Crippen LogP contribution in [0.2, 0.25) is 5.02 Å². The maximum Gasteiger partial charge on any atom is 0.180 e. The number of nitrogens with one attached hydrogen (secondary N) is 1. The summed E-state index contributed by atoms with van der Waals surface area (Å²) in [5, 5.41) is 4.44. The van der Waals surface area contributed by atoms with Crippen molar-refractivity contribution in [1.29, 1.82) is 0 Å². The van der Waals surface area contributed by atoms with Gasteiger partial charge in [0.2, 0.25) is 0 Å². The van der Waals surface area contributed by atoms with E-state index in [1.807, 2.05) is 12.1 Å².